The van der Waals surface area contributed by atoms with Gasteiger partial charge in [-0.15, -0.1) is 0 Å². The van der Waals surface area contributed by atoms with E-state index in [1.54, 1.807) is 0 Å². The Labute approximate surface area is 167 Å². The Bertz CT molecular complexity index is 599. The molecule has 0 radical (unpaired) electrons. The molecule has 0 aromatic rings. The number of allylic oxidation sites excluding steroid dienone is 2. The molecule has 0 amide bonds. The average Bonchev–Trinajstić information content (AvgIpc) is 3.16. The van der Waals surface area contributed by atoms with Crippen molar-refractivity contribution < 1.29 is 29.3 Å². The lowest BCUT2D eigenvalue weighted by Crippen LogP contribution is -2.35. The largest absolute Gasteiger partial charge is 0.481 e. The van der Waals surface area contributed by atoms with Crippen LogP contribution in [0.5, 0.6) is 0 Å². The maximum atomic E-state index is 11.1. The van der Waals surface area contributed by atoms with Crippen LogP contribution >= 0.6 is 0 Å². The van der Waals surface area contributed by atoms with E-state index in [1.807, 2.05) is 20.8 Å². The van der Waals surface area contributed by atoms with E-state index in [2.05, 4.69) is 13.5 Å². The molecule has 4 atom stereocenters. The summed E-state index contributed by atoms with van der Waals surface area (Å²) in [6.45, 7) is 12.0. The first-order valence-corrected chi connectivity index (χ1v) is 10.1. The number of carbonyl (C=O) groups is 3. The number of unbranched alkanes of at least 4 members (excludes halogenated alkanes) is 3. The average molecular weight is 395 g/mol. The third kappa shape index (κ3) is 5.69. The van der Waals surface area contributed by atoms with E-state index in [9.17, 15) is 14.4 Å². The molecule has 2 aliphatic carbocycles. The Morgan fingerprint density at radius 2 is 1.46 bits per heavy atom. The minimum Gasteiger partial charge on any atom is -0.481 e. The number of hydrogen-bond acceptors (Lipinski definition) is 4. The van der Waals surface area contributed by atoms with E-state index >= 15 is 0 Å². The molecule has 1 saturated carbocycles. The summed E-state index contributed by atoms with van der Waals surface area (Å²) < 4.78 is 4.82. The van der Waals surface area contributed by atoms with Crippen molar-refractivity contribution in [3.05, 3.63) is 23.3 Å². The number of rotatable bonds is 9. The zero-order valence-corrected chi connectivity index (χ0v) is 17.5. The normalized spacial score (nSPS) is 25.1. The molecule has 6 heteroatoms. The molecule has 158 valence electrons. The molecule has 0 spiro atoms. The Balaban J connectivity index is 0.000000284. The molecule has 0 aromatic heterocycles. The molecular formula is C22H34O6. The van der Waals surface area contributed by atoms with Gasteiger partial charge in [0.2, 0.25) is 0 Å². The molecule has 0 heterocycles. The summed E-state index contributed by atoms with van der Waals surface area (Å²) in [7, 11) is 0. The van der Waals surface area contributed by atoms with Crippen LogP contribution in [0, 0.1) is 23.7 Å². The number of carboxylic acids is 2. The van der Waals surface area contributed by atoms with Gasteiger partial charge in [0.05, 0.1) is 18.4 Å². The highest BCUT2D eigenvalue weighted by Crippen LogP contribution is 2.55. The molecule has 2 aliphatic rings. The molecule has 2 rings (SSSR count). The Morgan fingerprint density at radius 1 is 0.964 bits per heavy atom. The number of aliphatic carboxylic acids is 2. The van der Waals surface area contributed by atoms with Gasteiger partial charge in [0.15, 0.2) is 0 Å². The fraction of sp³-hybridized carbons (Fsp3) is 0.682. The van der Waals surface area contributed by atoms with Crippen molar-refractivity contribution in [2.75, 3.05) is 6.61 Å². The molecular weight excluding hydrogens is 360 g/mol. The molecule has 2 N–H and O–H groups in total. The number of ether oxygens (including phenoxy) is 1. The van der Waals surface area contributed by atoms with Gasteiger partial charge in [0, 0.05) is 5.57 Å². The minimum absolute atomic E-state index is 0.0615. The quantitative estimate of drug-likeness (QED) is 0.259. The molecule has 6 nitrogen and oxygen atoms in total. The van der Waals surface area contributed by atoms with Gasteiger partial charge in [-0.1, -0.05) is 43.9 Å². The van der Waals surface area contributed by atoms with Crippen LogP contribution in [0.1, 0.15) is 66.2 Å². The van der Waals surface area contributed by atoms with Gasteiger partial charge in [-0.25, -0.2) is 4.79 Å². The van der Waals surface area contributed by atoms with Crippen LogP contribution in [0.4, 0.5) is 0 Å². The van der Waals surface area contributed by atoms with Crippen LogP contribution in [0.2, 0.25) is 0 Å². The Hall–Kier alpha value is -2.11. The lowest BCUT2D eigenvalue weighted by Gasteiger charge is -2.26. The summed E-state index contributed by atoms with van der Waals surface area (Å²) in [5, 5.41) is 18.1. The molecule has 4 unspecified atom stereocenters. The maximum absolute atomic E-state index is 11.1. The summed E-state index contributed by atoms with van der Waals surface area (Å²) in [6, 6.07) is 0. The van der Waals surface area contributed by atoms with E-state index in [4.69, 9.17) is 14.9 Å². The fourth-order valence-corrected chi connectivity index (χ4v) is 4.30. The van der Waals surface area contributed by atoms with Crippen molar-refractivity contribution in [2.24, 2.45) is 23.7 Å². The molecule has 28 heavy (non-hydrogen) atoms. The summed E-state index contributed by atoms with van der Waals surface area (Å²) >= 11 is 0. The number of fused-ring (bicyclic) bond motifs is 2. The van der Waals surface area contributed by atoms with Crippen LogP contribution in [-0.4, -0.2) is 34.7 Å². The van der Waals surface area contributed by atoms with Crippen LogP contribution in [0.15, 0.2) is 23.3 Å². The van der Waals surface area contributed by atoms with Gasteiger partial charge in [0.1, 0.15) is 0 Å². The van der Waals surface area contributed by atoms with Crippen molar-refractivity contribution in [1.82, 2.24) is 0 Å². The van der Waals surface area contributed by atoms with Crippen LogP contribution < -0.4 is 0 Å². The highest BCUT2D eigenvalue weighted by atomic mass is 16.5. The monoisotopic (exact) mass is 394 g/mol. The second kappa shape index (κ2) is 11.0. The van der Waals surface area contributed by atoms with Crippen molar-refractivity contribution in [3.63, 3.8) is 0 Å². The van der Waals surface area contributed by atoms with Crippen molar-refractivity contribution in [1.29, 1.82) is 0 Å². The highest BCUT2D eigenvalue weighted by Gasteiger charge is 2.55. The highest BCUT2D eigenvalue weighted by molar-refractivity contribution is 5.87. The molecule has 0 aliphatic heterocycles. The van der Waals surface area contributed by atoms with Crippen molar-refractivity contribution >= 4 is 17.9 Å². The van der Waals surface area contributed by atoms with Crippen LogP contribution in [-0.2, 0) is 19.1 Å². The number of esters is 1. The van der Waals surface area contributed by atoms with E-state index in [1.165, 1.54) is 19.3 Å². The van der Waals surface area contributed by atoms with E-state index in [0.717, 1.165) is 24.0 Å². The topological polar surface area (TPSA) is 101 Å². The van der Waals surface area contributed by atoms with Gasteiger partial charge in [-0.2, -0.15) is 0 Å². The van der Waals surface area contributed by atoms with Crippen molar-refractivity contribution in [3.8, 4) is 0 Å². The zero-order valence-electron chi connectivity index (χ0n) is 17.5. The van der Waals surface area contributed by atoms with E-state index in [0.29, 0.717) is 18.6 Å². The third-order valence-electron chi connectivity index (χ3n) is 5.96. The van der Waals surface area contributed by atoms with Gasteiger partial charge in [-0.3, -0.25) is 9.59 Å². The number of hydrogen-bond donors (Lipinski definition) is 2. The predicted molar refractivity (Wildman–Crippen MR) is 107 cm³/mol. The molecule has 1 fully saturated rings. The van der Waals surface area contributed by atoms with Crippen LogP contribution in [0.3, 0.4) is 0 Å². The lowest BCUT2D eigenvalue weighted by molar-refractivity contribution is -0.154. The third-order valence-corrected chi connectivity index (χ3v) is 5.96. The summed E-state index contributed by atoms with van der Waals surface area (Å²) in [6.07, 6.45) is 6.15. The van der Waals surface area contributed by atoms with E-state index < -0.39 is 23.8 Å². The van der Waals surface area contributed by atoms with Gasteiger partial charge >= 0.3 is 17.9 Å². The molecule has 0 aromatic carbocycles. The van der Waals surface area contributed by atoms with Crippen molar-refractivity contribution in [2.45, 2.75) is 66.2 Å². The fourth-order valence-electron chi connectivity index (χ4n) is 4.30. The molecule has 0 saturated heterocycles. The first-order valence-electron chi connectivity index (χ1n) is 10.1. The first-order chi connectivity index (χ1) is 13.2. The van der Waals surface area contributed by atoms with Crippen LogP contribution in [0.25, 0.3) is 0 Å². The number of carboxylic acid groups (broad SMARTS) is 2. The van der Waals surface area contributed by atoms with Gasteiger partial charge in [0.25, 0.3) is 0 Å². The minimum atomic E-state index is -0.971. The first kappa shape index (κ1) is 23.9. The van der Waals surface area contributed by atoms with Gasteiger partial charge in [-0.05, 0) is 51.9 Å². The molecule has 2 bridgehead atoms. The maximum Gasteiger partial charge on any atom is 0.333 e. The van der Waals surface area contributed by atoms with Gasteiger partial charge < -0.3 is 14.9 Å². The standard InChI is InChI=1S/C11H14O4.C11H20O2/c1-4-5(2)7-3-6(4)8(10(12)13)9(7)11(14)15;1-4-6-7-8-9-10(3)11(12)13-5-2/h6-9H,3H2,1-2H3,(H,12,13)(H,14,15);3-9H2,1-2H3. The Morgan fingerprint density at radius 3 is 1.86 bits per heavy atom. The Kier molecular flexibility index (Phi) is 9.42. The summed E-state index contributed by atoms with van der Waals surface area (Å²) in [4.78, 5) is 33.2. The predicted octanol–water partition coefficient (Wildman–Crippen LogP) is 4.45. The second-order valence-electron chi connectivity index (χ2n) is 7.68. The van der Waals surface area contributed by atoms with E-state index in [-0.39, 0.29) is 17.8 Å². The smallest absolute Gasteiger partial charge is 0.333 e. The zero-order chi connectivity index (χ0) is 21.4. The SMILES string of the molecule is C=C(CCCCCC)C(=O)OCC.CC1=C(C)C2CC1C(C(=O)O)C2C(=O)O. The second-order valence-corrected chi connectivity index (χ2v) is 7.68. The summed E-state index contributed by atoms with van der Waals surface area (Å²) in [5.41, 5.74) is 2.78. The number of carbonyl (C=O) groups excluding carboxylic acids is 1. The summed E-state index contributed by atoms with van der Waals surface area (Å²) in [5.74, 6) is -3.75. The lowest BCUT2D eigenvalue weighted by atomic mass is 9.76.